The first-order valence-electron chi connectivity index (χ1n) is 9.20. The summed E-state index contributed by atoms with van der Waals surface area (Å²) in [6.07, 6.45) is 4.35. The van der Waals surface area contributed by atoms with Crippen LogP contribution in [-0.2, 0) is 14.3 Å². The number of rotatable bonds is 5. The molecule has 0 radical (unpaired) electrons. The number of carbonyl (C=O) groups is 1. The second-order valence-corrected chi connectivity index (χ2v) is 6.70. The molecule has 5 nitrogen and oxygen atoms in total. The topological polar surface area (TPSA) is 42.0 Å². The molecule has 2 aliphatic rings. The van der Waals surface area contributed by atoms with E-state index in [2.05, 4.69) is 4.90 Å². The lowest BCUT2D eigenvalue weighted by Crippen LogP contribution is -2.38. The number of hydrogen-bond acceptors (Lipinski definition) is 4. The van der Waals surface area contributed by atoms with Gasteiger partial charge in [-0.3, -0.25) is 4.79 Å². The van der Waals surface area contributed by atoms with E-state index >= 15 is 0 Å². The van der Waals surface area contributed by atoms with Crippen molar-refractivity contribution in [1.82, 2.24) is 4.90 Å². The van der Waals surface area contributed by atoms with E-state index < -0.39 is 0 Å². The van der Waals surface area contributed by atoms with E-state index in [0.29, 0.717) is 13.2 Å². The van der Waals surface area contributed by atoms with Gasteiger partial charge in [-0.1, -0.05) is 0 Å². The quantitative estimate of drug-likeness (QED) is 0.818. The SMILES string of the molecule is O=C(COCC1CCCCO1)N1CCCN(c2ccc(F)cc2)CC1. The van der Waals surface area contributed by atoms with Crippen LogP contribution in [0.1, 0.15) is 25.7 Å². The smallest absolute Gasteiger partial charge is 0.248 e. The normalized spacial score (nSPS) is 21.9. The van der Waals surface area contributed by atoms with Crippen LogP contribution in [0.25, 0.3) is 0 Å². The van der Waals surface area contributed by atoms with E-state index in [4.69, 9.17) is 9.47 Å². The summed E-state index contributed by atoms with van der Waals surface area (Å²) in [7, 11) is 0. The van der Waals surface area contributed by atoms with E-state index in [9.17, 15) is 9.18 Å². The number of nitrogens with zero attached hydrogens (tertiary/aromatic N) is 2. The maximum absolute atomic E-state index is 13.1. The molecule has 0 N–H and O–H groups in total. The summed E-state index contributed by atoms with van der Waals surface area (Å²) in [6, 6.07) is 6.54. The fraction of sp³-hybridized carbons (Fsp3) is 0.632. The average Bonchev–Trinajstić information content (AvgIpc) is 2.89. The Labute approximate surface area is 148 Å². The molecule has 3 rings (SSSR count). The summed E-state index contributed by atoms with van der Waals surface area (Å²) in [6.45, 7) is 4.44. The standard InChI is InChI=1S/C19H27FN2O3/c20-16-5-7-17(8-6-16)21-9-3-10-22(12-11-21)19(23)15-24-14-18-4-1-2-13-25-18/h5-8,18H,1-4,9-15H2. The zero-order valence-corrected chi connectivity index (χ0v) is 14.7. The molecule has 0 bridgehead atoms. The average molecular weight is 350 g/mol. The van der Waals surface area contributed by atoms with Crippen LogP contribution in [0, 0.1) is 5.82 Å². The van der Waals surface area contributed by atoms with Crippen LogP contribution >= 0.6 is 0 Å². The summed E-state index contributed by atoms with van der Waals surface area (Å²) >= 11 is 0. The molecule has 1 aromatic carbocycles. The number of halogens is 1. The molecule has 1 aromatic rings. The van der Waals surface area contributed by atoms with Gasteiger partial charge in [-0.25, -0.2) is 4.39 Å². The van der Waals surface area contributed by atoms with Gasteiger partial charge in [0.05, 0.1) is 12.7 Å². The Morgan fingerprint density at radius 2 is 1.96 bits per heavy atom. The molecule has 2 fully saturated rings. The van der Waals surface area contributed by atoms with Crippen molar-refractivity contribution < 1.29 is 18.7 Å². The molecule has 0 spiro atoms. The van der Waals surface area contributed by atoms with Gasteiger partial charge in [0.25, 0.3) is 0 Å². The zero-order valence-electron chi connectivity index (χ0n) is 14.7. The van der Waals surface area contributed by atoms with Gasteiger partial charge in [-0.2, -0.15) is 0 Å². The third-order valence-corrected chi connectivity index (χ3v) is 4.84. The number of benzene rings is 1. The number of hydrogen-bond donors (Lipinski definition) is 0. The van der Waals surface area contributed by atoms with Crippen molar-refractivity contribution in [2.45, 2.75) is 31.8 Å². The number of amides is 1. The van der Waals surface area contributed by atoms with Crippen LogP contribution in [0.3, 0.4) is 0 Å². The largest absolute Gasteiger partial charge is 0.376 e. The molecule has 2 aliphatic heterocycles. The molecule has 1 amide bonds. The summed E-state index contributed by atoms with van der Waals surface area (Å²) in [5.74, 6) is -0.189. The van der Waals surface area contributed by atoms with Crippen molar-refractivity contribution >= 4 is 11.6 Å². The molecular weight excluding hydrogens is 323 g/mol. The summed E-state index contributed by atoms with van der Waals surface area (Å²) in [5.41, 5.74) is 1.00. The van der Waals surface area contributed by atoms with Gasteiger partial charge in [0.15, 0.2) is 0 Å². The van der Waals surface area contributed by atoms with Crippen LogP contribution in [-0.4, -0.2) is 62.9 Å². The van der Waals surface area contributed by atoms with E-state index in [0.717, 1.165) is 51.2 Å². The van der Waals surface area contributed by atoms with Crippen molar-refractivity contribution in [1.29, 1.82) is 0 Å². The van der Waals surface area contributed by atoms with Crippen molar-refractivity contribution in [3.05, 3.63) is 30.1 Å². The Morgan fingerprint density at radius 1 is 1.12 bits per heavy atom. The first-order chi connectivity index (χ1) is 12.2. The summed E-state index contributed by atoms with van der Waals surface area (Å²) in [5, 5.41) is 0. The van der Waals surface area contributed by atoms with E-state index in [1.54, 1.807) is 12.1 Å². The first-order valence-corrected chi connectivity index (χ1v) is 9.20. The van der Waals surface area contributed by atoms with E-state index in [1.807, 2.05) is 4.90 Å². The second kappa shape index (κ2) is 9.15. The predicted octanol–water partition coefficient (Wildman–Crippen LogP) is 2.45. The zero-order chi connectivity index (χ0) is 17.5. The Morgan fingerprint density at radius 3 is 2.72 bits per heavy atom. The third kappa shape index (κ3) is 5.41. The monoisotopic (exact) mass is 350 g/mol. The lowest BCUT2D eigenvalue weighted by Gasteiger charge is -2.25. The summed E-state index contributed by atoms with van der Waals surface area (Å²) in [4.78, 5) is 16.4. The molecule has 2 heterocycles. The van der Waals surface area contributed by atoms with Gasteiger partial charge in [0, 0.05) is 38.5 Å². The van der Waals surface area contributed by atoms with Gasteiger partial charge >= 0.3 is 0 Å². The van der Waals surface area contributed by atoms with Gasteiger partial charge in [0.1, 0.15) is 12.4 Å². The van der Waals surface area contributed by atoms with Crippen LogP contribution < -0.4 is 4.90 Å². The molecule has 2 saturated heterocycles. The maximum atomic E-state index is 13.1. The fourth-order valence-electron chi connectivity index (χ4n) is 3.38. The van der Waals surface area contributed by atoms with Crippen molar-refractivity contribution in [3.8, 4) is 0 Å². The van der Waals surface area contributed by atoms with Gasteiger partial charge in [-0.15, -0.1) is 0 Å². The van der Waals surface area contributed by atoms with Gasteiger partial charge < -0.3 is 19.3 Å². The highest BCUT2D eigenvalue weighted by atomic mass is 19.1. The highest BCUT2D eigenvalue weighted by Crippen LogP contribution is 2.17. The van der Waals surface area contributed by atoms with Gasteiger partial charge in [-0.05, 0) is 49.9 Å². The maximum Gasteiger partial charge on any atom is 0.248 e. The predicted molar refractivity (Wildman–Crippen MR) is 94.2 cm³/mol. The lowest BCUT2D eigenvalue weighted by atomic mass is 10.1. The molecule has 1 atom stereocenters. The van der Waals surface area contributed by atoms with E-state index in [-0.39, 0.29) is 24.4 Å². The fourth-order valence-corrected chi connectivity index (χ4v) is 3.38. The molecule has 0 aromatic heterocycles. The molecule has 6 heteroatoms. The lowest BCUT2D eigenvalue weighted by molar-refractivity contribution is -0.138. The summed E-state index contributed by atoms with van der Waals surface area (Å²) < 4.78 is 24.3. The minimum absolute atomic E-state index is 0.0387. The van der Waals surface area contributed by atoms with Crippen LogP contribution in [0.5, 0.6) is 0 Å². The van der Waals surface area contributed by atoms with Crippen LogP contribution in [0.4, 0.5) is 10.1 Å². The van der Waals surface area contributed by atoms with Crippen LogP contribution in [0.2, 0.25) is 0 Å². The molecule has 138 valence electrons. The van der Waals surface area contributed by atoms with Crippen LogP contribution in [0.15, 0.2) is 24.3 Å². The number of anilines is 1. The molecule has 0 saturated carbocycles. The molecular formula is C19H27FN2O3. The molecule has 25 heavy (non-hydrogen) atoms. The highest BCUT2D eigenvalue weighted by Gasteiger charge is 2.20. The second-order valence-electron chi connectivity index (χ2n) is 6.70. The number of ether oxygens (including phenoxy) is 2. The van der Waals surface area contributed by atoms with Crippen molar-refractivity contribution in [2.24, 2.45) is 0 Å². The first kappa shape index (κ1) is 18.1. The third-order valence-electron chi connectivity index (χ3n) is 4.84. The molecule has 1 unspecified atom stereocenters. The number of carbonyl (C=O) groups excluding carboxylic acids is 1. The Bertz CT molecular complexity index is 546. The van der Waals surface area contributed by atoms with E-state index in [1.165, 1.54) is 18.6 Å². The Kier molecular flexibility index (Phi) is 6.64. The minimum Gasteiger partial charge on any atom is -0.376 e. The Balaban J connectivity index is 1.42. The Hall–Kier alpha value is -1.66. The van der Waals surface area contributed by atoms with Crippen molar-refractivity contribution in [3.63, 3.8) is 0 Å². The van der Waals surface area contributed by atoms with Crippen molar-refractivity contribution in [2.75, 3.05) is 50.9 Å². The molecule has 0 aliphatic carbocycles. The highest BCUT2D eigenvalue weighted by molar-refractivity contribution is 5.77. The minimum atomic E-state index is -0.227. The van der Waals surface area contributed by atoms with Gasteiger partial charge in [0.2, 0.25) is 5.91 Å².